The van der Waals surface area contributed by atoms with Gasteiger partial charge in [0.25, 0.3) is 0 Å². The van der Waals surface area contributed by atoms with Crippen LogP contribution in [0.5, 0.6) is 0 Å². The van der Waals surface area contributed by atoms with E-state index in [9.17, 15) is 5.11 Å². The Morgan fingerprint density at radius 3 is 2.71 bits per heavy atom. The molecule has 0 unspecified atom stereocenters. The largest absolute Gasteiger partial charge is 0.389 e. The summed E-state index contributed by atoms with van der Waals surface area (Å²) in [6, 6.07) is 0. The van der Waals surface area contributed by atoms with Crippen molar-refractivity contribution in [2.24, 2.45) is 0 Å². The second-order valence-corrected chi connectivity index (χ2v) is 3.79. The lowest BCUT2D eigenvalue weighted by molar-refractivity contribution is 0.141. The lowest BCUT2D eigenvalue weighted by Crippen LogP contribution is -2.51. The quantitative estimate of drug-likeness (QED) is 0.766. The van der Waals surface area contributed by atoms with Crippen LogP contribution in [-0.4, -0.2) is 44.5 Å². The normalized spacial score (nSPS) is 15.4. The molecule has 1 fully saturated rings. The van der Waals surface area contributed by atoms with Crippen molar-refractivity contribution < 1.29 is 5.11 Å². The van der Waals surface area contributed by atoms with E-state index in [1.807, 2.05) is 25.7 Å². The Bertz CT molecular complexity index is 504. The van der Waals surface area contributed by atoms with Gasteiger partial charge in [0.05, 0.1) is 17.7 Å². The van der Waals surface area contributed by atoms with Crippen LogP contribution in [0.4, 0.5) is 5.82 Å². The first-order valence-corrected chi connectivity index (χ1v) is 5.85. The lowest BCUT2D eigenvalue weighted by atomic mass is 10.1. The zero-order valence-corrected chi connectivity index (χ0v) is 10.3. The third-order valence-corrected chi connectivity index (χ3v) is 2.56. The van der Waals surface area contributed by atoms with Crippen LogP contribution in [-0.2, 0) is 0 Å². The molecule has 0 aliphatic carbocycles. The number of β-amino-alcohol motifs (C(OH)–C–C–N with tert-alkyl or cyclic N) is 1. The SMILES string of the molecule is CC.Cc1nc(N2CC(O)C2)c2cn[nH]c2n1. The third kappa shape index (κ3) is 2.08. The van der Waals surface area contributed by atoms with Gasteiger partial charge < -0.3 is 10.0 Å². The zero-order valence-electron chi connectivity index (χ0n) is 10.3. The number of H-pyrrole nitrogens is 1. The van der Waals surface area contributed by atoms with Gasteiger partial charge in [-0.25, -0.2) is 9.97 Å². The van der Waals surface area contributed by atoms with Gasteiger partial charge in [0.2, 0.25) is 0 Å². The minimum Gasteiger partial charge on any atom is -0.389 e. The van der Waals surface area contributed by atoms with Crippen molar-refractivity contribution in [2.75, 3.05) is 18.0 Å². The summed E-state index contributed by atoms with van der Waals surface area (Å²) < 4.78 is 0. The predicted octanol–water partition coefficient (Wildman–Crippen LogP) is 0.868. The summed E-state index contributed by atoms with van der Waals surface area (Å²) in [5.41, 5.74) is 0.749. The highest BCUT2D eigenvalue weighted by molar-refractivity contribution is 5.86. The fourth-order valence-electron chi connectivity index (χ4n) is 1.80. The molecule has 1 saturated heterocycles. The van der Waals surface area contributed by atoms with Crippen LogP contribution in [0.15, 0.2) is 6.20 Å². The van der Waals surface area contributed by atoms with E-state index < -0.39 is 0 Å². The number of aliphatic hydroxyl groups excluding tert-OH is 1. The van der Waals surface area contributed by atoms with Gasteiger partial charge in [0.1, 0.15) is 11.6 Å². The van der Waals surface area contributed by atoms with Crippen LogP contribution in [0.1, 0.15) is 19.7 Å². The number of aromatic nitrogens is 4. The number of aliphatic hydroxyl groups is 1. The standard InChI is InChI=1S/C9H11N5O.C2H6/c1-5-11-8-7(2-10-13-8)9(12-5)14-3-6(15)4-14;1-2/h2,6,15H,3-4H2,1H3,(H,10,11,12,13);1-2H3. The molecule has 1 aliphatic heterocycles. The van der Waals surface area contributed by atoms with Gasteiger partial charge in [-0.2, -0.15) is 5.10 Å². The van der Waals surface area contributed by atoms with Crippen LogP contribution in [0.25, 0.3) is 11.0 Å². The summed E-state index contributed by atoms with van der Waals surface area (Å²) in [5.74, 6) is 1.57. The molecule has 6 nitrogen and oxygen atoms in total. The molecular weight excluding hydrogens is 218 g/mol. The molecule has 3 rings (SSSR count). The van der Waals surface area contributed by atoms with Crippen molar-refractivity contribution in [1.29, 1.82) is 0 Å². The number of fused-ring (bicyclic) bond motifs is 1. The fourth-order valence-corrected chi connectivity index (χ4v) is 1.80. The summed E-state index contributed by atoms with van der Waals surface area (Å²) >= 11 is 0. The first-order chi connectivity index (χ1) is 8.24. The number of nitrogens with one attached hydrogen (secondary N) is 1. The summed E-state index contributed by atoms with van der Waals surface area (Å²) in [7, 11) is 0. The molecule has 1 aliphatic rings. The number of nitrogens with zero attached hydrogens (tertiary/aromatic N) is 4. The van der Waals surface area contributed by atoms with Crippen LogP contribution < -0.4 is 4.90 Å². The summed E-state index contributed by atoms with van der Waals surface area (Å²) in [6.07, 6.45) is 1.48. The van der Waals surface area contributed by atoms with Crippen LogP contribution >= 0.6 is 0 Å². The number of hydrogen-bond donors (Lipinski definition) is 2. The topological polar surface area (TPSA) is 77.9 Å². The minimum atomic E-state index is -0.234. The van der Waals surface area contributed by atoms with Gasteiger partial charge in [-0.1, -0.05) is 13.8 Å². The summed E-state index contributed by atoms with van der Waals surface area (Å²) in [4.78, 5) is 10.6. The van der Waals surface area contributed by atoms with Crippen molar-refractivity contribution in [2.45, 2.75) is 26.9 Å². The van der Waals surface area contributed by atoms with E-state index >= 15 is 0 Å². The molecule has 0 saturated carbocycles. The van der Waals surface area contributed by atoms with Gasteiger partial charge in [-0.15, -0.1) is 0 Å². The van der Waals surface area contributed by atoms with E-state index in [0.717, 1.165) is 16.9 Å². The first kappa shape index (κ1) is 11.8. The highest BCUT2D eigenvalue weighted by Gasteiger charge is 2.27. The monoisotopic (exact) mass is 235 g/mol. The van der Waals surface area contributed by atoms with Crippen molar-refractivity contribution in [3.63, 3.8) is 0 Å². The third-order valence-electron chi connectivity index (χ3n) is 2.56. The Balaban J connectivity index is 0.000000514. The van der Waals surface area contributed by atoms with Crippen LogP contribution in [0.2, 0.25) is 0 Å². The van der Waals surface area contributed by atoms with Crippen LogP contribution in [0.3, 0.4) is 0 Å². The van der Waals surface area contributed by atoms with Gasteiger partial charge in [0.15, 0.2) is 5.65 Å². The van der Waals surface area contributed by atoms with E-state index in [4.69, 9.17) is 0 Å². The molecule has 2 aromatic heterocycles. The van der Waals surface area contributed by atoms with Gasteiger partial charge in [-0.05, 0) is 6.92 Å². The summed E-state index contributed by atoms with van der Waals surface area (Å²) in [5, 5.41) is 16.9. The van der Waals surface area contributed by atoms with Crippen molar-refractivity contribution in [3.8, 4) is 0 Å². The highest BCUT2D eigenvalue weighted by atomic mass is 16.3. The molecule has 3 heterocycles. The fraction of sp³-hybridized carbons (Fsp3) is 0.545. The first-order valence-electron chi connectivity index (χ1n) is 5.85. The Labute approximate surface area is 99.7 Å². The average molecular weight is 235 g/mol. The maximum atomic E-state index is 9.26. The summed E-state index contributed by atoms with van der Waals surface area (Å²) in [6.45, 7) is 7.12. The predicted molar refractivity (Wildman–Crippen MR) is 66.0 cm³/mol. The number of aromatic amines is 1. The van der Waals surface area contributed by atoms with E-state index in [0.29, 0.717) is 18.9 Å². The molecule has 0 aromatic carbocycles. The van der Waals surface area contributed by atoms with Crippen molar-refractivity contribution >= 4 is 16.9 Å². The Hall–Kier alpha value is -1.69. The van der Waals surface area contributed by atoms with E-state index in [-0.39, 0.29) is 6.10 Å². The minimum absolute atomic E-state index is 0.234. The second kappa shape index (κ2) is 4.67. The molecule has 17 heavy (non-hydrogen) atoms. The molecule has 0 radical (unpaired) electrons. The maximum absolute atomic E-state index is 9.26. The van der Waals surface area contributed by atoms with Gasteiger partial charge >= 0.3 is 0 Å². The Morgan fingerprint density at radius 2 is 2.06 bits per heavy atom. The number of rotatable bonds is 1. The van der Waals surface area contributed by atoms with Crippen LogP contribution in [0, 0.1) is 6.92 Å². The van der Waals surface area contributed by atoms with Gasteiger partial charge in [0, 0.05) is 13.1 Å². The molecule has 6 heteroatoms. The maximum Gasteiger partial charge on any atom is 0.161 e. The molecule has 0 amide bonds. The lowest BCUT2D eigenvalue weighted by Gasteiger charge is -2.37. The molecule has 92 valence electrons. The molecule has 0 atom stereocenters. The Kier molecular flexibility index (Phi) is 3.23. The zero-order chi connectivity index (χ0) is 12.4. The Morgan fingerprint density at radius 1 is 1.35 bits per heavy atom. The van der Waals surface area contributed by atoms with E-state index in [1.165, 1.54) is 0 Å². The molecule has 0 spiro atoms. The second-order valence-electron chi connectivity index (χ2n) is 3.79. The number of aryl methyl sites for hydroxylation is 1. The molecule has 0 bridgehead atoms. The number of anilines is 1. The van der Waals surface area contributed by atoms with Crippen molar-refractivity contribution in [3.05, 3.63) is 12.0 Å². The molecule has 2 aromatic rings. The smallest absolute Gasteiger partial charge is 0.161 e. The molecule has 2 N–H and O–H groups in total. The van der Waals surface area contributed by atoms with E-state index in [2.05, 4.69) is 20.2 Å². The van der Waals surface area contributed by atoms with Gasteiger partial charge in [-0.3, -0.25) is 5.10 Å². The highest BCUT2D eigenvalue weighted by Crippen LogP contribution is 2.25. The van der Waals surface area contributed by atoms with Crippen molar-refractivity contribution in [1.82, 2.24) is 20.2 Å². The average Bonchev–Trinajstić information content (AvgIpc) is 2.74. The van der Waals surface area contributed by atoms with E-state index in [1.54, 1.807) is 6.20 Å². The number of hydrogen-bond acceptors (Lipinski definition) is 5. The molecular formula is C11H17N5O.